The molecule has 0 atom stereocenters. The smallest absolute Gasteiger partial charge is 0.150 e. The van der Waals surface area contributed by atoms with Gasteiger partial charge in [0.2, 0.25) is 0 Å². The van der Waals surface area contributed by atoms with E-state index in [1.54, 1.807) is 12.1 Å². The molecule has 0 aliphatic heterocycles. The Balaban J connectivity index is 3.07. The molecular weight excluding hydrogens is 148 g/mol. The van der Waals surface area contributed by atoms with Crippen LogP contribution in [0.5, 0.6) is 0 Å². The largest absolute Gasteiger partial charge is 0.298 e. The maximum absolute atomic E-state index is 10.5. The van der Waals surface area contributed by atoms with E-state index in [4.69, 9.17) is 2.74 Å². The maximum atomic E-state index is 10.5. The van der Waals surface area contributed by atoms with Gasteiger partial charge in [-0.25, -0.2) is 0 Å². The Morgan fingerprint density at radius 3 is 2.50 bits per heavy atom. The summed E-state index contributed by atoms with van der Waals surface area (Å²) in [5.41, 5.74) is 1.14. The van der Waals surface area contributed by atoms with Crippen molar-refractivity contribution in [2.45, 2.75) is 20.3 Å². The molecule has 64 valence electrons. The van der Waals surface area contributed by atoms with Gasteiger partial charge < -0.3 is 0 Å². The van der Waals surface area contributed by atoms with Crippen molar-refractivity contribution in [1.29, 1.82) is 0 Å². The maximum Gasteiger partial charge on any atom is 0.150 e. The van der Waals surface area contributed by atoms with E-state index >= 15 is 0 Å². The molecule has 1 aromatic rings. The monoisotopic (exact) mass is 164 g/mol. The van der Waals surface area contributed by atoms with E-state index < -0.39 is 0 Å². The molecule has 1 rings (SSSR count). The summed E-state index contributed by atoms with van der Waals surface area (Å²) < 4.78 is 15.1. The molecule has 0 aliphatic carbocycles. The summed E-state index contributed by atoms with van der Waals surface area (Å²) in [6.45, 7) is 4.17. The Kier molecular flexibility index (Phi) is 2.16. The van der Waals surface area contributed by atoms with Crippen molar-refractivity contribution in [3.8, 4) is 0 Å². The Hall–Kier alpha value is -1.11. The molecule has 0 saturated heterocycles. The van der Waals surface area contributed by atoms with Crippen molar-refractivity contribution in [3.63, 3.8) is 0 Å². The lowest BCUT2D eigenvalue weighted by Gasteiger charge is -2.03. The lowest BCUT2D eigenvalue weighted by atomic mass is 10.0. The second-order valence-corrected chi connectivity index (χ2v) is 3.28. The molecule has 0 fully saturated rings. The number of benzene rings is 1. The second kappa shape index (κ2) is 4.05. The number of aldehydes is 1. The summed E-state index contributed by atoms with van der Waals surface area (Å²) in [5.74, 6) is 0.496. The molecule has 1 heteroatoms. The molecule has 0 saturated carbocycles. The fourth-order valence-electron chi connectivity index (χ4n) is 1.08. The Labute approximate surface area is 76.2 Å². The highest BCUT2D eigenvalue weighted by atomic mass is 16.1. The van der Waals surface area contributed by atoms with Crippen LogP contribution in [0.3, 0.4) is 0 Å². The first-order valence-corrected chi connectivity index (χ1v) is 4.10. The number of hydrogen-bond acceptors (Lipinski definition) is 1. The normalized spacial score (nSPS) is 12.6. The number of carbonyl (C=O) groups excluding carboxylic acids is 1. The van der Waals surface area contributed by atoms with Crippen LogP contribution >= 0.6 is 0 Å². The van der Waals surface area contributed by atoms with Crippen molar-refractivity contribution in [2.24, 2.45) is 5.92 Å². The molecule has 0 aliphatic rings. The molecule has 0 amide bonds. The molecule has 0 radical (unpaired) electrons. The third-order valence-electron chi connectivity index (χ3n) is 1.59. The van der Waals surface area contributed by atoms with Crippen LogP contribution in [-0.4, -0.2) is 6.29 Å². The van der Waals surface area contributed by atoms with Crippen LogP contribution in [0, 0.1) is 5.92 Å². The number of hydrogen-bond donors (Lipinski definition) is 0. The predicted molar refractivity (Wildman–Crippen MR) is 50.4 cm³/mol. The average molecular weight is 164 g/mol. The minimum Gasteiger partial charge on any atom is -0.298 e. The van der Waals surface area contributed by atoms with Crippen molar-refractivity contribution < 1.29 is 7.54 Å². The van der Waals surface area contributed by atoms with Crippen LogP contribution in [0.4, 0.5) is 0 Å². The second-order valence-electron chi connectivity index (χ2n) is 3.28. The van der Waals surface area contributed by atoms with Crippen molar-refractivity contribution in [1.82, 2.24) is 0 Å². The lowest BCUT2D eigenvalue weighted by Crippen LogP contribution is -1.93. The van der Waals surface area contributed by atoms with Gasteiger partial charge in [0.1, 0.15) is 6.29 Å². The van der Waals surface area contributed by atoms with Crippen LogP contribution in [-0.2, 0) is 6.42 Å². The summed E-state index contributed by atoms with van der Waals surface area (Å²) in [4.78, 5) is 10.5. The van der Waals surface area contributed by atoms with E-state index in [-0.39, 0.29) is 17.6 Å². The first kappa shape index (κ1) is 6.41. The molecule has 0 N–H and O–H groups in total. The molecule has 1 nitrogen and oxygen atoms in total. The van der Waals surface area contributed by atoms with Gasteiger partial charge in [0.15, 0.2) is 0 Å². The van der Waals surface area contributed by atoms with Gasteiger partial charge in [-0.15, -0.1) is 0 Å². The highest BCUT2D eigenvalue weighted by molar-refractivity contribution is 5.74. The molecular formula is C11H14O. The predicted octanol–water partition coefficient (Wildman–Crippen LogP) is 2.70. The molecule has 0 unspecified atom stereocenters. The zero-order valence-electron chi connectivity index (χ0n) is 9.42. The van der Waals surface area contributed by atoms with E-state index in [9.17, 15) is 4.79 Å². The zero-order chi connectivity index (χ0) is 10.7. The third-order valence-corrected chi connectivity index (χ3v) is 1.59. The Morgan fingerprint density at radius 2 is 2.08 bits per heavy atom. The molecule has 0 bridgehead atoms. The Morgan fingerprint density at radius 1 is 1.50 bits per heavy atom. The molecule has 0 spiro atoms. The molecule has 12 heavy (non-hydrogen) atoms. The molecule has 0 heterocycles. The Bertz CT molecular complexity index is 322. The summed E-state index contributed by atoms with van der Waals surface area (Å²) in [6.07, 6.45) is 1.42. The van der Waals surface area contributed by atoms with Gasteiger partial charge in [0, 0.05) is 5.56 Å². The van der Waals surface area contributed by atoms with Crippen LogP contribution in [0.1, 0.15) is 32.5 Å². The molecule has 1 aromatic carbocycles. The summed E-state index contributed by atoms with van der Waals surface area (Å²) >= 11 is 0. The SMILES string of the molecule is [2H]c1cc(CC(C)C)cc([2H])c1C=O. The summed E-state index contributed by atoms with van der Waals surface area (Å²) in [7, 11) is 0. The number of carbonyl (C=O) groups is 1. The first-order valence-electron chi connectivity index (χ1n) is 5.10. The lowest BCUT2D eigenvalue weighted by molar-refractivity contribution is 0.112. The minimum atomic E-state index is 0.156. The van der Waals surface area contributed by atoms with Crippen LogP contribution in [0.25, 0.3) is 0 Å². The first-order chi connectivity index (χ1) is 6.54. The van der Waals surface area contributed by atoms with Gasteiger partial charge in [0.05, 0.1) is 2.74 Å². The van der Waals surface area contributed by atoms with Crippen LogP contribution in [0.2, 0.25) is 0 Å². The fourth-order valence-corrected chi connectivity index (χ4v) is 1.08. The quantitative estimate of drug-likeness (QED) is 0.628. The standard InChI is InChI=1S/C11H14O/c1-9(2)7-10-3-5-11(8-12)6-4-10/h3-6,8-9H,7H2,1-2H3/i5D,6D. The zero-order valence-corrected chi connectivity index (χ0v) is 7.42. The highest BCUT2D eigenvalue weighted by Gasteiger charge is 1.96. The van der Waals surface area contributed by atoms with Gasteiger partial charge >= 0.3 is 0 Å². The van der Waals surface area contributed by atoms with Gasteiger partial charge in [-0.1, -0.05) is 38.1 Å². The van der Waals surface area contributed by atoms with Crippen LogP contribution in [0.15, 0.2) is 24.2 Å². The van der Waals surface area contributed by atoms with Crippen molar-refractivity contribution in [2.75, 3.05) is 0 Å². The molecule has 0 aromatic heterocycles. The van der Waals surface area contributed by atoms with Gasteiger partial charge in [0.25, 0.3) is 0 Å². The topological polar surface area (TPSA) is 17.1 Å². The fraction of sp³-hybridized carbons (Fsp3) is 0.364. The number of rotatable bonds is 3. The summed E-state index contributed by atoms with van der Waals surface area (Å²) in [5, 5.41) is 0. The van der Waals surface area contributed by atoms with E-state index in [1.807, 2.05) is 0 Å². The van der Waals surface area contributed by atoms with E-state index in [0.29, 0.717) is 12.2 Å². The highest BCUT2D eigenvalue weighted by Crippen LogP contribution is 2.08. The van der Waals surface area contributed by atoms with Crippen molar-refractivity contribution >= 4 is 6.29 Å². The van der Waals surface area contributed by atoms with Crippen LogP contribution < -0.4 is 0 Å². The van der Waals surface area contributed by atoms with E-state index in [2.05, 4.69) is 13.8 Å². The minimum absolute atomic E-state index is 0.156. The third kappa shape index (κ3) is 2.50. The average Bonchev–Trinajstić information content (AvgIpc) is 2.01. The van der Waals surface area contributed by atoms with E-state index in [0.717, 1.165) is 12.0 Å². The van der Waals surface area contributed by atoms with Gasteiger partial charge in [-0.2, -0.15) is 0 Å². The summed E-state index contributed by atoms with van der Waals surface area (Å²) in [6, 6.07) is 3.65. The van der Waals surface area contributed by atoms with Gasteiger partial charge in [-0.3, -0.25) is 4.79 Å². The van der Waals surface area contributed by atoms with Gasteiger partial charge in [-0.05, 0) is 17.9 Å². The van der Waals surface area contributed by atoms with Crippen molar-refractivity contribution in [3.05, 3.63) is 35.3 Å². The van der Waals surface area contributed by atoms with E-state index in [1.165, 1.54) is 0 Å².